The maximum atomic E-state index is 12.3. The monoisotopic (exact) mass is 347 g/mol. The van der Waals surface area contributed by atoms with Crippen LogP contribution in [-0.4, -0.2) is 72.1 Å². The molecule has 0 atom stereocenters. The number of carbonyl (C=O) groups excluding carboxylic acids is 1. The van der Waals surface area contributed by atoms with Crippen molar-refractivity contribution in [3.63, 3.8) is 0 Å². The van der Waals surface area contributed by atoms with E-state index in [1.54, 1.807) is 0 Å². The van der Waals surface area contributed by atoms with Crippen molar-refractivity contribution < 1.29 is 14.7 Å². The predicted octanol–water partition coefficient (Wildman–Crippen LogP) is 1.83. The van der Waals surface area contributed by atoms with Crippen molar-refractivity contribution in [3.8, 4) is 0 Å². The fourth-order valence-electron chi connectivity index (χ4n) is 3.16. The molecule has 0 radical (unpaired) electrons. The molecule has 1 aliphatic rings. The number of piperazine rings is 1. The first-order valence-electron chi connectivity index (χ1n) is 8.92. The summed E-state index contributed by atoms with van der Waals surface area (Å²) < 4.78 is 0. The smallest absolute Gasteiger partial charge is 0.323 e. The van der Waals surface area contributed by atoms with E-state index in [1.165, 1.54) is 16.2 Å². The Labute approximate surface area is 150 Å². The van der Waals surface area contributed by atoms with Gasteiger partial charge < -0.3 is 14.9 Å². The van der Waals surface area contributed by atoms with E-state index in [2.05, 4.69) is 41.0 Å². The Balaban J connectivity index is 1.79. The van der Waals surface area contributed by atoms with Crippen molar-refractivity contribution >= 4 is 17.6 Å². The molecular weight excluding hydrogens is 318 g/mol. The molecule has 6 nitrogen and oxygen atoms in total. The van der Waals surface area contributed by atoms with E-state index >= 15 is 0 Å². The normalized spacial score (nSPS) is 15.4. The van der Waals surface area contributed by atoms with Gasteiger partial charge in [-0.15, -0.1) is 0 Å². The van der Waals surface area contributed by atoms with Crippen LogP contribution in [0.2, 0.25) is 0 Å². The van der Waals surface area contributed by atoms with Gasteiger partial charge >= 0.3 is 5.97 Å². The second-order valence-electron chi connectivity index (χ2n) is 6.93. The number of benzene rings is 1. The van der Waals surface area contributed by atoms with E-state index in [1.807, 2.05) is 13.8 Å². The minimum Gasteiger partial charge on any atom is -0.480 e. The van der Waals surface area contributed by atoms with E-state index in [0.717, 1.165) is 26.2 Å². The Morgan fingerprint density at radius 3 is 2.44 bits per heavy atom. The summed E-state index contributed by atoms with van der Waals surface area (Å²) in [7, 11) is 0. The summed E-state index contributed by atoms with van der Waals surface area (Å²) >= 11 is 0. The zero-order chi connectivity index (χ0) is 18.4. The molecule has 1 aromatic carbocycles. The Morgan fingerprint density at radius 2 is 1.88 bits per heavy atom. The van der Waals surface area contributed by atoms with Crippen molar-refractivity contribution in [1.82, 2.24) is 9.80 Å². The van der Waals surface area contributed by atoms with Gasteiger partial charge in [0.05, 0.1) is 0 Å². The van der Waals surface area contributed by atoms with Crippen LogP contribution in [0, 0.1) is 6.92 Å². The molecule has 6 heteroatoms. The number of hydrogen-bond donors (Lipinski definition) is 1. The third kappa shape index (κ3) is 5.74. The van der Waals surface area contributed by atoms with Crippen LogP contribution in [0.5, 0.6) is 0 Å². The minimum absolute atomic E-state index is 0.0847. The quantitative estimate of drug-likeness (QED) is 0.815. The SMILES string of the molecule is Cc1cccc(N2CCN(CCC(=O)N(CC(=O)O)C(C)C)CC2)c1. The molecular formula is C19H29N3O3. The maximum Gasteiger partial charge on any atom is 0.323 e. The minimum atomic E-state index is -0.964. The molecule has 138 valence electrons. The maximum absolute atomic E-state index is 12.3. The fraction of sp³-hybridized carbons (Fsp3) is 0.579. The largest absolute Gasteiger partial charge is 0.480 e. The van der Waals surface area contributed by atoms with Crippen molar-refractivity contribution in [3.05, 3.63) is 29.8 Å². The van der Waals surface area contributed by atoms with Crippen LogP contribution in [0.25, 0.3) is 0 Å². The lowest BCUT2D eigenvalue weighted by Gasteiger charge is -2.36. The molecule has 0 aliphatic carbocycles. The first-order valence-corrected chi connectivity index (χ1v) is 8.92. The topological polar surface area (TPSA) is 64.1 Å². The lowest BCUT2D eigenvalue weighted by molar-refractivity contribution is -0.145. The van der Waals surface area contributed by atoms with Gasteiger partial charge in [-0.05, 0) is 38.5 Å². The summed E-state index contributed by atoms with van der Waals surface area (Å²) in [5, 5.41) is 8.95. The standard InChI is InChI=1S/C19H29N3O3/c1-15(2)22(14-19(24)25)18(23)7-8-20-9-11-21(12-10-20)17-6-4-5-16(3)13-17/h4-6,13,15H,7-12,14H2,1-3H3,(H,24,25). The molecule has 0 bridgehead atoms. The summed E-state index contributed by atoms with van der Waals surface area (Å²) in [6.45, 7) is 9.98. The van der Waals surface area contributed by atoms with Gasteiger partial charge in [-0.25, -0.2) is 0 Å². The van der Waals surface area contributed by atoms with E-state index in [-0.39, 0.29) is 18.5 Å². The number of nitrogens with zero attached hydrogens (tertiary/aromatic N) is 3. The van der Waals surface area contributed by atoms with Crippen LogP contribution in [0.15, 0.2) is 24.3 Å². The van der Waals surface area contributed by atoms with Crippen molar-refractivity contribution in [2.24, 2.45) is 0 Å². The Morgan fingerprint density at radius 1 is 1.20 bits per heavy atom. The molecule has 2 rings (SSSR count). The zero-order valence-corrected chi connectivity index (χ0v) is 15.4. The molecule has 1 fully saturated rings. The summed E-state index contributed by atoms with van der Waals surface area (Å²) in [6.07, 6.45) is 0.371. The average Bonchev–Trinajstić information content (AvgIpc) is 2.57. The number of hydrogen-bond acceptors (Lipinski definition) is 4. The molecule has 1 N–H and O–H groups in total. The molecule has 25 heavy (non-hydrogen) atoms. The van der Waals surface area contributed by atoms with Gasteiger partial charge in [0, 0.05) is 50.9 Å². The number of carbonyl (C=O) groups is 2. The Kier molecular flexibility index (Phi) is 6.82. The third-order valence-corrected chi connectivity index (χ3v) is 4.63. The zero-order valence-electron chi connectivity index (χ0n) is 15.4. The first-order chi connectivity index (χ1) is 11.9. The number of rotatable bonds is 7. The number of aryl methyl sites for hydroxylation is 1. The molecule has 0 spiro atoms. The molecule has 0 saturated carbocycles. The highest BCUT2D eigenvalue weighted by molar-refractivity contribution is 5.81. The fourth-order valence-corrected chi connectivity index (χ4v) is 3.16. The van der Waals surface area contributed by atoms with Crippen molar-refractivity contribution in [2.75, 3.05) is 44.2 Å². The molecule has 1 saturated heterocycles. The molecule has 1 amide bonds. The Hall–Kier alpha value is -2.08. The van der Waals surface area contributed by atoms with Gasteiger partial charge in [0.1, 0.15) is 6.54 Å². The second-order valence-corrected chi connectivity index (χ2v) is 6.93. The highest BCUT2D eigenvalue weighted by Crippen LogP contribution is 2.18. The van der Waals surface area contributed by atoms with E-state index in [9.17, 15) is 9.59 Å². The lowest BCUT2D eigenvalue weighted by atomic mass is 10.2. The van der Waals surface area contributed by atoms with Gasteiger partial charge in [0.2, 0.25) is 5.91 Å². The summed E-state index contributed by atoms with van der Waals surface area (Å²) in [5.41, 5.74) is 2.51. The summed E-state index contributed by atoms with van der Waals surface area (Å²) in [6, 6.07) is 8.42. The van der Waals surface area contributed by atoms with Crippen molar-refractivity contribution in [1.29, 1.82) is 0 Å². The van der Waals surface area contributed by atoms with E-state index in [4.69, 9.17) is 5.11 Å². The molecule has 0 unspecified atom stereocenters. The van der Waals surface area contributed by atoms with Crippen LogP contribution < -0.4 is 4.90 Å². The second kappa shape index (κ2) is 8.85. The molecule has 1 heterocycles. The highest BCUT2D eigenvalue weighted by Gasteiger charge is 2.22. The van der Waals surface area contributed by atoms with Crippen LogP contribution in [0.3, 0.4) is 0 Å². The lowest BCUT2D eigenvalue weighted by Crippen LogP contribution is -2.48. The van der Waals surface area contributed by atoms with Crippen LogP contribution in [0.4, 0.5) is 5.69 Å². The highest BCUT2D eigenvalue weighted by atomic mass is 16.4. The third-order valence-electron chi connectivity index (χ3n) is 4.63. The van der Waals surface area contributed by atoms with Gasteiger partial charge in [0.15, 0.2) is 0 Å². The number of amides is 1. The van der Waals surface area contributed by atoms with Crippen LogP contribution >= 0.6 is 0 Å². The number of carboxylic acid groups (broad SMARTS) is 1. The van der Waals surface area contributed by atoms with Gasteiger partial charge in [-0.1, -0.05) is 12.1 Å². The molecule has 1 aromatic rings. The van der Waals surface area contributed by atoms with Crippen LogP contribution in [0.1, 0.15) is 25.8 Å². The number of aliphatic carboxylic acids is 1. The van der Waals surface area contributed by atoms with Crippen molar-refractivity contribution in [2.45, 2.75) is 33.2 Å². The predicted molar refractivity (Wildman–Crippen MR) is 98.9 cm³/mol. The number of anilines is 1. The van der Waals surface area contributed by atoms with Gasteiger partial charge in [-0.2, -0.15) is 0 Å². The number of carboxylic acids is 1. The van der Waals surface area contributed by atoms with E-state index in [0.29, 0.717) is 13.0 Å². The molecule has 0 aromatic heterocycles. The Bertz CT molecular complexity index is 595. The first kappa shape index (κ1) is 19.2. The summed E-state index contributed by atoms with van der Waals surface area (Å²) in [5.74, 6) is -1.05. The van der Waals surface area contributed by atoms with E-state index < -0.39 is 5.97 Å². The van der Waals surface area contributed by atoms with Gasteiger partial charge in [0.25, 0.3) is 0 Å². The average molecular weight is 347 g/mol. The molecule has 1 aliphatic heterocycles. The van der Waals surface area contributed by atoms with Crippen LogP contribution in [-0.2, 0) is 9.59 Å². The summed E-state index contributed by atoms with van der Waals surface area (Å²) in [4.78, 5) is 29.3. The van der Waals surface area contributed by atoms with Gasteiger partial charge in [-0.3, -0.25) is 14.5 Å².